The minimum atomic E-state index is -0.0335. The Morgan fingerprint density at radius 2 is 2.24 bits per heavy atom. The second-order valence-electron chi connectivity index (χ2n) is 6.59. The minimum absolute atomic E-state index is 0.0335. The normalized spacial score (nSPS) is 24.4. The van der Waals surface area contributed by atoms with Gasteiger partial charge in [-0.15, -0.1) is 0 Å². The van der Waals surface area contributed by atoms with Gasteiger partial charge in [-0.3, -0.25) is 4.99 Å². The lowest BCUT2D eigenvalue weighted by Crippen LogP contribution is -2.52. The van der Waals surface area contributed by atoms with E-state index < -0.39 is 0 Å². The highest BCUT2D eigenvalue weighted by Crippen LogP contribution is 2.44. The van der Waals surface area contributed by atoms with Gasteiger partial charge in [-0.25, -0.2) is 0 Å². The molecule has 0 radical (unpaired) electrons. The van der Waals surface area contributed by atoms with Crippen LogP contribution in [-0.4, -0.2) is 31.1 Å². The number of hydrogen-bond donors (Lipinski definition) is 1. The number of rotatable bonds is 3. The SMILES string of the molecule is COc1ccc2c(c1)CCCC21CN=C(N)N1CC(C)C. The molecule has 2 aliphatic rings. The number of guanidine groups is 1. The molecular formula is C17H25N3O. The second kappa shape index (κ2) is 5.24. The lowest BCUT2D eigenvalue weighted by atomic mass is 9.75. The molecule has 21 heavy (non-hydrogen) atoms. The number of fused-ring (bicyclic) bond motifs is 2. The van der Waals surface area contributed by atoms with Gasteiger partial charge in [-0.1, -0.05) is 19.9 Å². The second-order valence-corrected chi connectivity index (χ2v) is 6.59. The summed E-state index contributed by atoms with van der Waals surface area (Å²) < 4.78 is 5.38. The van der Waals surface area contributed by atoms with Crippen molar-refractivity contribution in [3.8, 4) is 5.75 Å². The molecule has 1 aliphatic carbocycles. The summed E-state index contributed by atoms with van der Waals surface area (Å²) in [6.07, 6.45) is 3.42. The van der Waals surface area contributed by atoms with Gasteiger partial charge in [-0.2, -0.15) is 0 Å². The zero-order valence-electron chi connectivity index (χ0n) is 13.2. The average Bonchev–Trinajstić information content (AvgIpc) is 2.77. The summed E-state index contributed by atoms with van der Waals surface area (Å²) in [5, 5.41) is 0. The molecule has 114 valence electrons. The predicted octanol–water partition coefficient (Wildman–Crippen LogP) is 2.51. The van der Waals surface area contributed by atoms with Gasteiger partial charge in [0.25, 0.3) is 0 Å². The average molecular weight is 287 g/mol. The van der Waals surface area contributed by atoms with E-state index in [0.717, 1.165) is 31.7 Å². The summed E-state index contributed by atoms with van der Waals surface area (Å²) in [5.74, 6) is 2.21. The van der Waals surface area contributed by atoms with Gasteiger partial charge < -0.3 is 15.4 Å². The largest absolute Gasteiger partial charge is 0.497 e. The summed E-state index contributed by atoms with van der Waals surface area (Å²) in [6.45, 7) is 6.21. The van der Waals surface area contributed by atoms with E-state index in [1.54, 1.807) is 7.11 Å². The lowest BCUT2D eigenvalue weighted by Gasteiger charge is -2.44. The maximum atomic E-state index is 6.20. The molecule has 2 N–H and O–H groups in total. The van der Waals surface area contributed by atoms with Crippen LogP contribution in [0.15, 0.2) is 23.2 Å². The summed E-state index contributed by atoms with van der Waals surface area (Å²) >= 11 is 0. The summed E-state index contributed by atoms with van der Waals surface area (Å²) in [6, 6.07) is 6.46. The number of methoxy groups -OCH3 is 1. The maximum Gasteiger partial charge on any atom is 0.192 e. The Morgan fingerprint density at radius 1 is 1.43 bits per heavy atom. The molecule has 1 aromatic carbocycles. The molecule has 3 rings (SSSR count). The van der Waals surface area contributed by atoms with Gasteiger partial charge in [-0.05, 0) is 48.4 Å². The third-order valence-electron chi connectivity index (χ3n) is 4.69. The summed E-state index contributed by atoms with van der Waals surface area (Å²) in [4.78, 5) is 6.91. The van der Waals surface area contributed by atoms with Crippen LogP contribution in [0.4, 0.5) is 0 Å². The van der Waals surface area contributed by atoms with Crippen LogP contribution >= 0.6 is 0 Å². The Labute approximate surface area is 127 Å². The van der Waals surface area contributed by atoms with Crippen LogP contribution in [0.5, 0.6) is 5.75 Å². The van der Waals surface area contributed by atoms with Crippen molar-refractivity contribution in [3.05, 3.63) is 29.3 Å². The Bertz CT molecular complexity index is 567. The molecule has 1 spiro atoms. The predicted molar refractivity (Wildman–Crippen MR) is 85.6 cm³/mol. The molecule has 0 saturated carbocycles. The van der Waals surface area contributed by atoms with Gasteiger partial charge in [0, 0.05) is 6.54 Å². The van der Waals surface area contributed by atoms with Crippen LogP contribution in [0.1, 0.15) is 37.8 Å². The number of nitrogens with two attached hydrogens (primary N) is 1. The van der Waals surface area contributed by atoms with Crippen LogP contribution in [0.25, 0.3) is 0 Å². The van der Waals surface area contributed by atoms with E-state index in [2.05, 4.69) is 41.9 Å². The third-order valence-corrected chi connectivity index (χ3v) is 4.69. The fourth-order valence-corrected chi connectivity index (χ4v) is 3.74. The van der Waals surface area contributed by atoms with Crippen molar-refractivity contribution in [3.63, 3.8) is 0 Å². The van der Waals surface area contributed by atoms with Gasteiger partial charge >= 0.3 is 0 Å². The molecule has 0 amide bonds. The molecule has 1 unspecified atom stereocenters. The Morgan fingerprint density at radius 3 is 2.95 bits per heavy atom. The van der Waals surface area contributed by atoms with E-state index in [1.807, 2.05) is 0 Å². The van der Waals surface area contributed by atoms with Crippen molar-refractivity contribution >= 4 is 5.96 Å². The summed E-state index contributed by atoms with van der Waals surface area (Å²) in [5.41, 5.74) is 8.94. The standard InChI is InChI=1S/C17H25N3O/c1-12(2)10-20-16(18)19-11-17(20)8-4-5-13-9-14(21-3)6-7-15(13)17/h6-7,9,12H,4-5,8,10-11H2,1-3H3,(H2,18,19). The van der Waals surface area contributed by atoms with E-state index in [-0.39, 0.29) is 5.54 Å². The number of ether oxygens (including phenoxy) is 1. The number of hydrogen-bond acceptors (Lipinski definition) is 4. The highest BCUT2D eigenvalue weighted by atomic mass is 16.5. The molecule has 0 fully saturated rings. The van der Waals surface area contributed by atoms with Crippen molar-refractivity contribution in [1.82, 2.24) is 4.90 Å². The quantitative estimate of drug-likeness (QED) is 0.929. The van der Waals surface area contributed by atoms with Crippen LogP contribution in [0, 0.1) is 5.92 Å². The molecule has 0 bridgehead atoms. The zero-order chi connectivity index (χ0) is 15.0. The van der Waals surface area contributed by atoms with Gasteiger partial charge in [0.2, 0.25) is 0 Å². The monoisotopic (exact) mass is 287 g/mol. The van der Waals surface area contributed by atoms with Crippen LogP contribution < -0.4 is 10.5 Å². The number of aryl methyl sites for hydroxylation is 1. The van der Waals surface area contributed by atoms with E-state index in [1.165, 1.54) is 17.5 Å². The first-order chi connectivity index (χ1) is 10.1. The zero-order valence-corrected chi connectivity index (χ0v) is 13.2. The summed E-state index contributed by atoms with van der Waals surface area (Å²) in [7, 11) is 1.72. The molecule has 4 heteroatoms. The molecule has 1 aliphatic heterocycles. The van der Waals surface area contributed by atoms with Crippen molar-refractivity contribution in [2.75, 3.05) is 20.2 Å². The molecular weight excluding hydrogens is 262 g/mol. The van der Waals surface area contributed by atoms with Crippen LogP contribution in [-0.2, 0) is 12.0 Å². The fourth-order valence-electron chi connectivity index (χ4n) is 3.74. The maximum absolute atomic E-state index is 6.20. The first-order valence-corrected chi connectivity index (χ1v) is 7.82. The molecule has 1 atom stereocenters. The molecule has 1 heterocycles. The van der Waals surface area contributed by atoms with Crippen molar-refractivity contribution in [2.45, 2.75) is 38.6 Å². The topological polar surface area (TPSA) is 50.9 Å². The van der Waals surface area contributed by atoms with Gasteiger partial charge in [0.15, 0.2) is 5.96 Å². The van der Waals surface area contributed by atoms with Gasteiger partial charge in [0.05, 0.1) is 19.2 Å². The first kappa shape index (κ1) is 14.2. The number of nitrogens with zero attached hydrogens (tertiary/aromatic N) is 2. The Hall–Kier alpha value is -1.71. The third kappa shape index (κ3) is 2.27. The fraction of sp³-hybridized carbons (Fsp3) is 0.588. The van der Waals surface area contributed by atoms with E-state index in [0.29, 0.717) is 11.9 Å². The molecule has 0 saturated heterocycles. The molecule has 4 nitrogen and oxygen atoms in total. The number of benzene rings is 1. The number of aliphatic imine (C=N–C) groups is 1. The first-order valence-electron chi connectivity index (χ1n) is 7.82. The van der Waals surface area contributed by atoms with E-state index in [9.17, 15) is 0 Å². The Balaban J connectivity index is 2.03. The van der Waals surface area contributed by atoms with E-state index in [4.69, 9.17) is 10.5 Å². The van der Waals surface area contributed by atoms with Crippen molar-refractivity contribution in [2.24, 2.45) is 16.6 Å². The van der Waals surface area contributed by atoms with Crippen molar-refractivity contribution in [1.29, 1.82) is 0 Å². The minimum Gasteiger partial charge on any atom is -0.497 e. The van der Waals surface area contributed by atoms with Crippen molar-refractivity contribution < 1.29 is 4.74 Å². The lowest BCUT2D eigenvalue weighted by molar-refractivity contribution is 0.157. The molecule has 1 aromatic rings. The van der Waals surface area contributed by atoms with Gasteiger partial charge in [0.1, 0.15) is 5.75 Å². The molecule has 0 aromatic heterocycles. The Kier molecular flexibility index (Phi) is 3.56. The van der Waals surface area contributed by atoms with Crippen LogP contribution in [0.3, 0.4) is 0 Å². The van der Waals surface area contributed by atoms with E-state index >= 15 is 0 Å². The highest BCUT2D eigenvalue weighted by Gasteiger charge is 2.46. The smallest absolute Gasteiger partial charge is 0.192 e. The highest BCUT2D eigenvalue weighted by molar-refractivity contribution is 5.81. The van der Waals surface area contributed by atoms with Crippen LogP contribution in [0.2, 0.25) is 0 Å².